The fraction of sp³-hybridized carbons (Fsp3) is 0.647. The number of hydrogen-bond donors (Lipinski definition) is 1. The number of benzene rings is 1. The molecule has 24 heavy (non-hydrogen) atoms. The minimum Gasteiger partial charge on any atom is -0.396 e. The van der Waals surface area contributed by atoms with Gasteiger partial charge in [0.25, 0.3) is 0 Å². The van der Waals surface area contributed by atoms with Crippen molar-refractivity contribution >= 4 is 10.0 Å². The third kappa shape index (κ3) is 2.77. The Balaban J connectivity index is 1.50. The topological polar surface area (TPSA) is 60.9 Å². The number of sulfonamides is 1. The Kier molecular flexibility index (Phi) is 3.95. The van der Waals surface area contributed by atoms with Gasteiger partial charge in [-0.05, 0) is 55.4 Å². The third-order valence-electron chi connectivity index (χ3n) is 5.64. The number of nitrogens with zero attached hydrogens (tertiary/aromatic N) is 2. The fourth-order valence-corrected chi connectivity index (χ4v) is 5.70. The first kappa shape index (κ1) is 16.4. The molecule has 7 heteroatoms. The highest BCUT2D eigenvalue weighted by Gasteiger charge is 2.56. The number of hydrogen-bond acceptors (Lipinski definition) is 4. The molecule has 3 aliphatic rings. The first-order valence-electron chi connectivity index (χ1n) is 8.55. The summed E-state index contributed by atoms with van der Waals surface area (Å²) in [6, 6.07) is 5.00. The lowest BCUT2D eigenvalue weighted by Crippen LogP contribution is -2.69. The van der Waals surface area contributed by atoms with Gasteiger partial charge in [0.05, 0.1) is 4.90 Å². The standard InChI is InChI=1S/C17H23FN2O3S/c18-15-3-5-16(6-4-15)24(22,23)20-11-17(12-20)7-14(10-21)9-19(17)8-13-1-2-13/h3-6,13-14,21H,1-2,7-12H2/t14-/m0/s1. The highest BCUT2D eigenvalue weighted by atomic mass is 32.2. The molecule has 0 aromatic heterocycles. The van der Waals surface area contributed by atoms with Crippen LogP contribution in [0.1, 0.15) is 19.3 Å². The summed E-state index contributed by atoms with van der Waals surface area (Å²) in [5.74, 6) is 0.535. The van der Waals surface area contributed by atoms with Crippen molar-refractivity contribution in [2.45, 2.75) is 29.7 Å². The molecule has 2 saturated heterocycles. The molecule has 1 N–H and O–H groups in total. The predicted molar refractivity (Wildman–Crippen MR) is 87.4 cm³/mol. The summed E-state index contributed by atoms with van der Waals surface area (Å²) < 4.78 is 39.9. The van der Waals surface area contributed by atoms with E-state index >= 15 is 0 Å². The van der Waals surface area contributed by atoms with Crippen LogP contribution in [0.25, 0.3) is 0 Å². The van der Waals surface area contributed by atoms with Crippen molar-refractivity contribution in [3.05, 3.63) is 30.1 Å². The second-order valence-electron chi connectivity index (χ2n) is 7.55. The summed E-state index contributed by atoms with van der Waals surface area (Å²) in [6.45, 7) is 2.97. The van der Waals surface area contributed by atoms with Crippen LogP contribution in [0, 0.1) is 17.7 Å². The Labute approximate surface area is 142 Å². The molecule has 2 heterocycles. The highest BCUT2D eigenvalue weighted by Crippen LogP contribution is 2.44. The van der Waals surface area contributed by atoms with Gasteiger partial charge in [0.15, 0.2) is 0 Å². The van der Waals surface area contributed by atoms with E-state index in [9.17, 15) is 17.9 Å². The smallest absolute Gasteiger partial charge is 0.243 e. The Morgan fingerprint density at radius 3 is 2.42 bits per heavy atom. The van der Waals surface area contributed by atoms with Crippen LogP contribution in [-0.2, 0) is 10.0 Å². The van der Waals surface area contributed by atoms with E-state index in [1.807, 2.05) is 0 Å². The maximum atomic E-state index is 13.0. The molecule has 0 unspecified atom stereocenters. The Hall–Kier alpha value is -1.02. The molecule has 1 atom stereocenters. The molecule has 3 fully saturated rings. The molecule has 1 spiro atoms. The summed E-state index contributed by atoms with van der Waals surface area (Å²) in [5, 5.41) is 9.52. The molecule has 2 aliphatic heterocycles. The van der Waals surface area contributed by atoms with Gasteiger partial charge < -0.3 is 5.11 Å². The van der Waals surface area contributed by atoms with Gasteiger partial charge in [-0.2, -0.15) is 4.31 Å². The van der Waals surface area contributed by atoms with E-state index in [-0.39, 0.29) is 23.0 Å². The largest absolute Gasteiger partial charge is 0.396 e. The van der Waals surface area contributed by atoms with Crippen LogP contribution < -0.4 is 0 Å². The Bertz CT molecular complexity index is 712. The van der Waals surface area contributed by atoms with Crippen molar-refractivity contribution in [3.8, 4) is 0 Å². The lowest BCUT2D eigenvalue weighted by Gasteiger charge is -2.52. The van der Waals surface area contributed by atoms with E-state index in [1.54, 1.807) is 0 Å². The number of halogens is 1. The SMILES string of the molecule is O=S(=O)(c1ccc(F)cc1)N1CC2(C[C@H](CO)CN2CC2CC2)C1. The maximum Gasteiger partial charge on any atom is 0.243 e. The van der Waals surface area contributed by atoms with Gasteiger partial charge in [0.2, 0.25) is 10.0 Å². The van der Waals surface area contributed by atoms with Crippen molar-refractivity contribution in [2.75, 3.05) is 32.8 Å². The van der Waals surface area contributed by atoms with Crippen LogP contribution in [0.2, 0.25) is 0 Å². The molecule has 1 aromatic carbocycles. The van der Waals surface area contributed by atoms with Gasteiger partial charge in [-0.25, -0.2) is 12.8 Å². The van der Waals surface area contributed by atoms with Crippen molar-refractivity contribution < 1.29 is 17.9 Å². The van der Waals surface area contributed by atoms with Crippen molar-refractivity contribution in [1.29, 1.82) is 0 Å². The number of rotatable bonds is 5. The third-order valence-corrected chi connectivity index (χ3v) is 7.45. The van der Waals surface area contributed by atoms with E-state index < -0.39 is 15.8 Å². The minimum atomic E-state index is -3.57. The summed E-state index contributed by atoms with van der Waals surface area (Å²) >= 11 is 0. The summed E-state index contributed by atoms with van der Waals surface area (Å²) in [6.07, 6.45) is 3.37. The summed E-state index contributed by atoms with van der Waals surface area (Å²) in [5.41, 5.74) is -0.122. The van der Waals surface area contributed by atoms with Gasteiger partial charge >= 0.3 is 0 Å². The maximum absolute atomic E-state index is 13.0. The molecule has 132 valence electrons. The zero-order valence-corrected chi connectivity index (χ0v) is 14.4. The van der Waals surface area contributed by atoms with Gasteiger partial charge in [-0.1, -0.05) is 0 Å². The summed E-state index contributed by atoms with van der Waals surface area (Å²) in [7, 11) is -3.57. The average Bonchev–Trinajstić information content (AvgIpc) is 3.24. The quantitative estimate of drug-likeness (QED) is 0.866. The number of aliphatic hydroxyl groups excluding tert-OH is 1. The van der Waals surface area contributed by atoms with Crippen molar-refractivity contribution in [3.63, 3.8) is 0 Å². The lowest BCUT2D eigenvalue weighted by atomic mass is 9.86. The molecule has 1 aromatic rings. The first-order valence-corrected chi connectivity index (χ1v) is 9.99. The van der Waals surface area contributed by atoms with E-state index in [0.717, 1.165) is 25.4 Å². The van der Waals surface area contributed by atoms with Gasteiger partial charge in [0.1, 0.15) is 5.82 Å². The van der Waals surface area contributed by atoms with Gasteiger partial charge in [-0.15, -0.1) is 0 Å². The second kappa shape index (κ2) is 5.76. The zero-order chi connectivity index (χ0) is 16.9. The Morgan fingerprint density at radius 2 is 1.83 bits per heavy atom. The second-order valence-corrected chi connectivity index (χ2v) is 9.49. The van der Waals surface area contributed by atoms with Crippen LogP contribution in [0.5, 0.6) is 0 Å². The molecule has 0 bridgehead atoms. The number of likely N-dealkylation sites (tertiary alicyclic amines) is 1. The Morgan fingerprint density at radius 1 is 1.17 bits per heavy atom. The van der Waals surface area contributed by atoms with Crippen molar-refractivity contribution in [1.82, 2.24) is 9.21 Å². The van der Waals surface area contributed by atoms with E-state index in [1.165, 1.54) is 41.4 Å². The monoisotopic (exact) mass is 354 g/mol. The molecule has 1 aliphatic carbocycles. The van der Waals surface area contributed by atoms with Crippen molar-refractivity contribution in [2.24, 2.45) is 11.8 Å². The predicted octanol–water partition coefficient (Wildman–Crippen LogP) is 1.29. The zero-order valence-electron chi connectivity index (χ0n) is 13.6. The van der Waals surface area contributed by atoms with Crippen LogP contribution in [0.3, 0.4) is 0 Å². The molecular weight excluding hydrogens is 331 g/mol. The first-order chi connectivity index (χ1) is 11.4. The molecule has 0 amide bonds. The van der Waals surface area contributed by atoms with E-state index in [2.05, 4.69) is 4.90 Å². The molecular formula is C17H23FN2O3S. The van der Waals surface area contributed by atoms with Crippen LogP contribution in [0.4, 0.5) is 4.39 Å². The summed E-state index contributed by atoms with van der Waals surface area (Å²) in [4.78, 5) is 2.55. The van der Waals surface area contributed by atoms with Gasteiger partial charge in [0, 0.05) is 38.3 Å². The molecule has 4 rings (SSSR count). The minimum absolute atomic E-state index is 0.122. The average molecular weight is 354 g/mol. The highest BCUT2D eigenvalue weighted by molar-refractivity contribution is 7.89. The van der Waals surface area contributed by atoms with E-state index in [4.69, 9.17) is 0 Å². The molecule has 1 saturated carbocycles. The normalized spacial score (nSPS) is 27.5. The van der Waals surface area contributed by atoms with Crippen LogP contribution in [0.15, 0.2) is 29.2 Å². The van der Waals surface area contributed by atoms with Gasteiger partial charge in [-0.3, -0.25) is 4.90 Å². The van der Waals surface area contributed by atoms with E-state index in [0.29, 0.717) is 13.1 Å². The fourth-order valence-electron chi connectivity index (χ4n) is 4.10. The van der Waals surface area contributed by atoms with Crippen LogP contribution >= 0.6 is 0 Å². The van der Waals surface area contributed by atoms with Crippen LogP contribution in [-0.4, -0.2) is 61.1 Å². The molecule has 5 nitrogen and oxygen atoms in total. The number of aliphatic hydroxyl groups is 1. The lowest BCUT2D eigenvalue weighted by molar-refractivity contribution is 0.0168. The molecule has 0 radical (unpaired) electrons.